The molecule has 44 heavy (non-hydrogen) atoms. The van der Waals surface area contributed by atoms with E-state index in [1.807, 2.05) is 6.07 Å². The van der Waals surface area contributed by atoms with Gasteiger partial charge in [-0.1, -0.05) is 35.9 Å². The average molecular weight is 618 g/mol. The summed E-state index contributed by atoms with van der Waals surface area (Å²) in [6, 6.07) is 14.0. The summed E-state index contributed by atoms with van der Waals surface area (Å²) in [6.45, 7) is 0. The number of benzene rings is 2. The fraction of sp³-hybridized carbons (Fsp3) is 0.290. The molecule has 13 heteroatoms. The van der Waals surface area contributed by atoms with Gasteiger partial charge in [0.25, 0.3) is 5.92 Å². The zero-order valence-electron chi connectivity index (χ0n) is 23.2. The van der Waals surface area contributed by atoms with E-state index in [0.717, 1.165) is 0 Å². The molecule has 1 saturated heterocycles. The van der Waals surface area contributed by atoms with Crippen LogP contribution in [0.5, 0.6) is 0 Å². The fourth-order valence-corrected chi connectivity index (χ4v) is 6.13. The van der Waals surface area contributed by atoms with Gasteiger partial charge in [0.1, 0.15) is 11.9 Å². The van der Waals surface area contributed by atoms with Crippen molar-refractivity contribution < 1.29 is 23.2 Å². The maximum absolute atomic E-state index is 14.5. The minimum atomic E-state index is -2.87. The first-order valence-corrected chi connectivity index (χ1v) is 14.4. The number of carbonyl (C=O) groups is 3. The summed E-state index contributed by atoms with van der Waals surface area (Å²) < 4.78 is 27.4. The van der Waals surface area contributed by atoms with Gasteiger partial charge in [-0.25, -0.2) is 13.8 Å². The number of amides is 3. The number of pyridine rings is 1. The average Bonchev–Trinajstić information content (AvgIpc) is 3.62. The number of hydrogen-bond acceptors (Lipinski definition) is 6. The van der Waals surface area contributed by atoms with Crippen LogP contribution in [0, 0.1) is 11.3 Å². The number of rotatable bonds is 8. The van der Waals surface area contributed by atoms with Crippen LogP contribution in [0.3, 0.4) is 0 Å². The zero-order valence-corrected chi connectivity index (χ0v) is 24.0. The van der Waals surface area contributed by atoms with Crippen LogP contribution in [0.15, 0.2) is 67.0 Å². The Labute approximate surface area is 255 Å². The minimum Gasteiger partial charge on any atom is -0.351 e. The molecule has 2 aromatic heterocycles. The van der Waals surface area contributed by atoms with Gasteiger partial charge in [-0.15, -0.1) is 0 Å². The SMILES string of the molecule is N#Cc1ccnc(N2C(=O)CC[C@H]2CC(=O)N(c2cccc3[nH]ncc23)C(C(=O)NC2CC(F)(F)C2)c2ccccc2Cl)c1. The molecule has 1 aliphatic carbocycles. The van der Waals surface area contributed by atoms with Crippen LogP contribution in [-0.4, -0.2) is 50.9 Å². The van der Waals surface area contributed by atoms with Crippen molar-refractivity contribution >= 4 is 51.7 Å². The number of alkyl halides is 2. The van der Waals surface area contributed by atoms with E-state index in [2.05, 4.69) is 20.5 Å². The number of halogens is 3. The van der Waals surface area contributed by atoms with Gasteiger partial charge >= 0.3 is 0 Å². The Bertz CT molecular complexity index is 1800. The van der Waals surface area contributed by atoms with Crippen LogP contribution in [0.25, 0.3) is 10.9 Å². The molecule has 0 bridgehead atoms. The first-order valence-electron chi connectivity index (χ1n) is 14.0. The molecule has 2 atom stereocenters. The van der Waals surface area contributed by atoms with E-state index in [1.54, 1.807) is 42.5 Å². The standard InChI is InChI=1S/C31H26ClF2N7O3/c32-23-5-2-1-4-21(23)29(30(44)38-19-14-31(33,34)15-19)41(25-7-3-6-24-22(25)17-37-39-24)28(43)13-20-8-9-27(42)40(20)26-12-18(16-35)10-11-36-26/h1-7,10-12,17,19-20,29H,8-9,13-15H2,(H,37,39)(H,38,44)/t20-,29?/m0/s1. The van der Waals surface area contributed by atoms with Crippen molar-refractivity contribution in [1.29, 1.82) is 5.26 Å². The van der Waals surface area contributed by atoms with Crippen molar-refractivity contribution in [3.05, 3.63) is 83.1 Å². The molecule has 224 valence electrons. The molecular weight excluding hydrogens is 592 g/mol. The molecule has 0 spiro atoms. The van der Waals surface area contributed by atoms with E-state index in [1.165, 1.54) is 34.3 Å². The molecule has 0 radical (unpaired) electrons. The largest absolute Gasteiger partial charge is 0.351 e. The second kappa shape index (κ2) is 11.7. The molecule has 1 saturated carbocycles. The number of anilines is 2. The van der Waals surface area contributed by atoms with Gasteiger partial charge in [-0.05, 0) is 36.8 Å². The number of H-pyrrole nitrogens is 1. The molecule has 3 amide bonds. The molecule has 4 aromatic rings. The van der Waals surface area contributed by atoms with Crippen molar-refractivity contribution in [3.8, 4) is 6.07 Å². The lowest BCUT2D eigenvalue weighted by Crippen LogP contribution is -2.54. The molecular formula is C31H26ClF2N7O3. The predicted octanol–water partition coefficient (Wildman–Crippen LogP) is 5.06. The molecule has 2 N–H and O–H groups in total. The molecule has 10 nitrogen and oxygen atoms in total. The normalized spacial score (nSPS) is 18.5. The second-order valence-electron chi connectivity index (χ2n) is 10.9. The van der Waals surface area contributed by atoms with Crippen LogP contribution in [0.4, 0.5) is 20.3 Å². The monoisotopic (exact) mass is 617 g/mol. The summed E-state index contributed by atoms with van der Waals surface area (Å²) >= 11 is 6.60. The van der Waals surface area contributed by atoms with Crippen LogP contribution in [-0.2, 0) is 14.4 Å². The highest BCUT2D eigenvalue weighted by Gasteiger charge is 2.47. The Morgan fingerprint density at radius 1 is 1.20 bits per heavy atom. The van der Waals surface area contributed by atoms with E-state index < -0.39 is 48.7 Å². The number of aromatic nitrogens is 3. The van der Waals surface area contributed by atoms with Crippen LogP contribution < -0.4 is 15.1 Å². The van der Waals surface area contributed by atoms with Crippen LogP contribution >= 0.6 is 11.6 Å². The van der Waals surface area contributed by atoms with Crippen molar-refractivity contribution in [2.24, 2.45) is 0 Å². The Hall–Kier alpha value is -4.89. The van der Waals surface area contributed by atoms with E-state index in [4.69, 9.17) is 11.6 Å². The van der Waals surface area contributed by atoms with Crippen molar-refractivity contribution in [1.82, 2.24) is 20.5 Å². The predicted molar refractivity (Wildman–Crippen MR) is 158 cm³/mol. The van der Waals surface area contributed by atoms with Gasteiger partial charge < -0.3 is 5.32 Å². The minimum absolute atomic E-state index is 0.165. The number of nitriles is 1. The lowest BCUT2D eigenvalue weighted by Gasteiger charge is -2.38. The number of fused-ring (bicyclic) bond motifs is 1. The summed E-state index contributed by atoms with van der Waals surface area (Å²) in [6.07, 6.45) is 2.24. The third kappa shape index (κ3) is 5.58. The van der Waals surface area contributed by atoms with E-state index >= 15 is 0 Å². The number of nitrogens with one attached hydrogen (secondary N) is 2. The van der Waals surface area contributed by atoms with E-state index in [0.29, 0.717) is 34.1 Å². The van der Waals surface area contributed by atoms with E-state index in [9.17, 15) is 28.4 Å². The lowest BCUT2D eigenvalue weighted by molar-refractivity contribution is -0.132. The number of nitrogens with zero attached hydrogens (tertiary/aromatic N) is 5. The van der Waals surface area contributed by atoms with Crippen molar-refractivity contribution in [2.75, 3.05) is 9.80 Å². The Kier molecular flexibility index (Phi) is 7.73. The number of hydrogen-bond donors (Lipinski definition) is 2. The Morgan fingerprint density at radius 2 is 2.00 bits per heavy atom. The third-order valence-corrected chi connectivity index (χ3v) is 8.33. The third-order valence-electron chi connectivity index (χ3n) is 7.99. The molecule has 2 aliphatic rings. The van der Waals surface area contributed by atoms with Gasteiger partial charge in [0.15, 0.2) is 0 Å². The van der Waals surface area contributed by atoms with Crippen molar-refractivity contribution in [2.45, 2.75) is 56.2 Å². The van der Waals surface area contributed by atoms with Gasteiger partial charge in [0.05, 0.1) is 29.0 Å². The summed E-state index contributed by atoms with van der Waals surface area (Å²) in [5, 5.41) is 19.8. The Balaban J connectivity index is 1.42. The van der Waals surface area contributed by atoms with Crippen LogP contribution in [0.1, 0.15) is 49.3 Å². The summed E-state index contributed by atoms with van der Waals surface area (Å²) in [5.41, 5.74) is 1.56. The molecule has 2 fully saturated rings. The summed E-state index contributed by atoms with van der Waals surface area (Å²) in [7, 11) is 0. The Morgan fingerprint density at radius 3 is 2.75 bits per heavy atom. The van der Waals surface area contributed by atoms with Gasteiger partial charge in [0, 0.05) is 59.9 Å². The summed E-state index contributed by atoms with van der Waals surface area (Å²) in [5.74, 6) is -4.06. The van der Waals surface area contributed by atoms with Gasteiger partial charge in [0.2, 0.25) is 17.7 Å². The molecule has 1 aliphatic heterocycles. The first kappa shape index (κ1) is 29.2. The highest BCUT2D eigenvalue weighted by Crippen LogP contribution is 2.40. The fourth-order valence-electron chi connectivity index (χ4n) is 5.89. The van der Waals surface area contributed by atoms with Crippen LogP contribution in [0.2, 0.25) is 5.02 Å². The highest BCUT2D eigenvalue weighted by molar-refractivity contribution is 6.31. The topological polar surface area (TPSA) is 135 Å². The molecule has 6 rings (SSSR count). The first-order chi connectivity index (χ1) is 21.1. The zero-order chi connectivity index (χ0) is 31.0. The van der Waals surface area contributed by atoms with E-state index in [-0.39, 0.29) is 29.6 Å². The summed E-state index contributed by atoms with van der Waals surface area (Å²) in [4.78, 5) is 48.5. The highest BCUT2D eigenvalue weighted by atomic mass is 35.5. The van der Waals surface area contributed by atoms with Gasteiger partial charge in [-0.3, -0.25) is 29.3 Å². The number of aromatic amines is 1. The second-order valence-corrected chi connectivity index (χ2v) is 11.3. The smallest absolute Gasteiger partial charge is 0.252 e. The lowest BCUT2D eigenvalue weighted by atomic mass is 9.87. The number of carbonyl (C=O) groups excluding carboxylic acids is 3. The van der Waals surface area contributed by atoms with Gasteiger partial charge in [-0.2, -0.15) is 10.4 Å². The molecule has 1 unspecified atom stereocenters. The quantitative estimate of drug-likeness (QED) is 0.284. The maximum Gasteiger partial charge on any atom is 0.252 e. The molecule has 2 aromatic carbocycles. The molecule has 3 heterocycles. The van der Waals surface area contributed by atoms with Crippen molar-refractivity contribution in [3.63, 3.8) is 0 Å². The maximum atomic E-state index is 14.5.